The molecule has 15 heavy (non-hydrogen) atoms. The predicted molar refractivity (Wildman–Crippen MR) is 59.0 cm³/mol. The Kier molecular flexibility index (Phi) is 2.19. The molecule has 1 heterocycles. The van der Waals surface area contributed by atoms with Crippen LogP contribution in [0.4, 0.5) is 5.69 Å². The second-order valence-corrected chi connectivity index (χ2v) is 3.91. The maximum atomic E-state index is 10.6. The van der Waals surface area contributed by atoms with Crippen LogP contribution in [0.5, 0.6) is 0 Å². The number of H-pyrrole nitrogens is 1. The van der Waals surface area contributed by atoms with Crippen molar-refractivity contribution in [1.82, 2.24) is 4.98 Å². The smallest absolute Gasteiger partial charge is 0.270 e. The lowest BCUT2D eigenvalue weighted by molar-refractivity contribution is -0.384. The number of nitro benzene ring substituents is 1. The van der Waals surface area contributed by atoms with E-state index in [2.05, 4.69) is 18.8 Å². The Bertz CT molecular complexity index is 514. The summed E-state index contributed by atoms with van der Waals surface area (Å²) in [5, 5.41) is 11.5. The van der Waals surface area contributed by atoms with E-state index in [-0.39, 0.29) is 10.6 Å². The molecule has 0 unspecified atom stereocenters. The standard InChI is InChI=1S/C11H12N2O2/c1-7(2)11-6-8-5-9(13(14)15)3-4-10(8)12-11/h3-7,12H,1-2H3. The van der Waals surface area contributed by atoms with Crippen molar-refractivity contribution in [3.63, 3.8) is 0 Å². The van der Waals surface area contributed by atoms with Crippen LogP contribution in [-0.4, -0.2) is 9.91 Å². The topological polar surface area (TPSA) is 58.9 Å². The van der Waals surface area contributed by atoms with Gasteiger partial charge in [0.05, 0.1) is 4.92 Å². The highest BCUT2D eigenvalue weighted by molar-refractivity contribution is 5.82. The van der Waals surface area contributed by atoms with E-state index < -0.39 is 0 Å². The minimum absolute atomic E-state index is 0.136. The first kappa shape index (κ1) is 9.71. The molecule has 0 bridgehead atoms. The quantitative estimate of drug-likeness (QED) is 0.603. The molecular weight excluding hydrogens is 192 g/mol. The predicted octanol–water partition coefficient (Wildman–Crippen LogP) is 3.20. The average Bonchev–Trinajstić information content (AvgIpc) is 2.59. The normalized spacial score (nSPS) is 11.1. The molecule has 0 aliphatic rings. The Labute approximate surface area is 87.1 Å². The van der Waals surface area contributed by atoms with Crippen LogP contribution in [-0.2, 0) is 0 Å². The van der Waals surface area contributed by atoms with Crippen LogP contribution in [0.15, 0.2) is 24.3 Å². The largest absolute Gasteiger partial charge is 0.358 e. The number of aromatic nitrogens is 1. The minimum Gasteiger partial charge on any atom is -0.358 e. The molecule has 0 spiro atoms. The molecule has 0 saturated heterocycles. The lowest BCUT2D eigenvalue weighted by atomic mass is 10.1. The maximum Gasteiger partial charge on any atom is 0.270 e. The number of nitro groups is 1. The Morgan fingerprint density at radius 3 is 2.67 bits per heavy atom. The van der Waals surface area contributed by atoms with Crippen LogP contribution in [0.3, 0.4) is 0 Å². The third-order valence-corrected chi connectivity index (χ3v) is 2.46. The molecule has 2 rings (SSSR count). The summed E-state index contributed by atoms with van der Waals surface area (Å²) in [5.74, 6) is 0.399. The molecule has 1 N–H and O–H groups in total. The van der Waals surface area contributed by atoms with Gasteiger partial charge in [0.1, 0.15) is 0 Å². The molecule has 4 heteroatoms. The van der Waals surface area contributed by atoms with E-state index in [9.17, 15) is 10.1 Å². The molecule has 0 amide bonds. The Morgan fingerprint density at radius 2 is 2.07 bits per heavy atom. The first-order chi connectivity index (χ1) is 7.08. The molecule has 0 radical (unpaired) electrons. The lowest BCUT2D eigenvalue weighted by Crippen LogP contribution is -1.86. The SMILES string of the molecule is CC(C)c1cc2cc([N+](=O)[O-])ccc2[nH]1. The summed E-state index contributed by atoms with van der Waals surface area (Å²) >= 11 is 0. The number of hydrogen-bond donors (Lipinski definition) is 1. The number of benzene rings is 1. The van der Waals surface area contributed by atoms with Gasteiger partial charge < -0.3 is 4.98 Å². The van der Waals surface area contributed by atoms with Gasteiger partial charge in [-0.05, 0) is 18.1 Å². The minimum atomic E-state index is -0.374. The van der Waals surface area contributed by atoms with Crippen molar-refractivity contribution in [3.05, 3.63) is 40.1 Å². The highest BCUT2D eigenvalue weighted by atomic mass is 16.6. The van der Waals surface area contributed by atoms with E-state index in [1.807, 2.05) is 6.07 Å². The molecule has 4 nitrogen and oxygen atoms in total. The van der Waals surface area contributed by atoms with Gasteiger partial charge in [0, 0.05) is 28.7 Å². The lowest BCUT2D eigenvalue weighted by Gasteiger charge is -1.97. The number of aromatic amines is 1. The zero-order valence-corrected chi connectivity index (χ0v) is 8.65. The van der Waals surface area contributed by atoms with E-state index in [1.165, 1.54) is 6.07 Å². The molecule has 2 aromatic rings. The first-order valence-corrected chi connectivity index (χ1v) is 4.85. The number of rotatable bonds is 2. The Morgan fingerprint density at radius 1 is 1.33 bits per heavy atom. The third kappa shape index (κ3) is 1.70. The van der Waals surface area contributed by atoms with Crippen LogP contribution in [0, 0.1) is 10.1 Å². The Hall–Kier alpha value is -1.84. The van der Waals surface area contributed by atoms with Gasteiger partial charge in [-0.15, -0.1) is 0 Å². The molecule has 0 fully saturated rings. The van der Waals surface area contributed by atoms with E-state index >= 15 is 0 Å². The van der Waals surface area contributed by atoms with Crippen LogP contribution >= 0.6 is 0 Å². The molecule has 0 saturated carbocycles. The molecule has 0 aliphatic heterocycles. The summed E-state index contributed by atoms with van der Waals surface area (Å²) in [5.41, 5.74) is 2.19. The second kappa shape index (κ2) is 3.38. The molecule has 1 aromatic heterocycles. The van der Waals surface area contributed by atoms with Gasteiger partial charge in [-0.2, -0.15) is 0 Å². The van der Waals surface area contributed by atoms with E-state index in [0.29, 0.717) is 5.92 Å². The van der Waals surface area contributed by atoms with E-state index in [0.717, 1.165) is 16.6 Å². The van der Waals surface area contributed by atoms with Gasteiger partial charge in [0.15, 0.2) is 0 Å². The van der Waals surface area contributed by atoms with Gasteiger partial charge in [-0.25, -0.2) is 0 Å². The number of non-ortho nitro benzene ring substituents is 1. The molecule has 0 atom stereocenters. The molecule has 1 aromatic carbocycles. The first-order valence-electron chi connectivity index (χ1n) is 4.85. The van der Waals surface area contributed by atoms with E-state index in [4.69, 9.17) is 0 Å². The van der Waals surface area contributed by atoms with Gasteiger partial charge >= 0.3 is 0 Å². The fourth-order valence-electron chi connectivity index (χ4n) is 1.57. The van der Waals surface area contributed by atoms with Gasteiger partial charge in [0.25, 0.3) is 5.69 Å². The number of nitrogens with one attached hydrogen (secondary N) is 1. The average molecular weight is 204 g/mol. The highest BCUT2D eigenvalue weighted by Gasteiger charge is 2.09. The summed E-state index contributed by atoms with van der Waals surface area (Å²) in [7, 11) is 0. The van der Waals surface area contributed by atoms with Crippen molar-refractivity contribution in [1.29, 1.82) is 0 Å². The van der Waals surface area contributed by atoms with E-state index in [1.54, 1.807) is 12.1 Å². The van der Waals surface area contributed by atoms with Gasteiger partial charge in [-0.1, -0.05) is 13.8 Å². The van der Waals surface area contributed by atoms with Crippen LogP contribution in [0.1, 0.15) is 25.5 Å². The number of hydrogen-bond acceptors (Lipinski definition) is 2. The second-order valence-electron chi connectivity index (χ2n) is 3.91. The zero-order valence-electron chi connectivity index (χ0n) is 8.65. The summed E-state index contributed by atoms with van der Waals surface area (Å²) < 4.78 is 0. The van der Waals surface area contributed by atoms with Gasteiger partial charge in [0.2, 0.25) is 0 Å². The maximum absolute atomic E-state index is 10.6. The molecule has 0 aliphatic carbocycles. The van der Waals surface area contributed by atoms with Crippen molar-refractivity contribution in [2.75, 3.05) is 0 Å². The van der Waals surface area contributed by atoms with Crippen molar-refractivity contribution in [2.24, 2.45) is 0 Å². The molecule has 78 valence electrons. The van der Waals surface area contributed by atoms with Crippen molar-refractivity contribution < 1.29 is 4.92 Å². The van der Waals surface area contributed by atoms with Crippen LogP contribution in [0.25, 0.3) is 10.9 Å². The van der Waals surface area contributed by atoms with Crippen molar-refractivity contribution >= 4 is 16.6 Å². The van der Waals surface area contributed by atoms with Crippen LogP contribution in [0.2, 0.25) is 0 Å². The fraction of sp³-hybridized carbons (Fsp3) is 0.273. The van der Waals surface area contributed by atoms with Crippen molar-refractivity contribution in [3.8, 4) is 0 Å². The van der Waals surface area contributed by atoms with Gasteiger partial charge in [-0.3, -0.25) is 10.1 Å². The summed E-state index contributed by atoms with van der Waals surface area (Å²) in [6.45, 7) is 4.16. The monoisotopic (exact) mass is 204 g/mol. The Balaban J connectivity index is 2.57. The van der Waals surface area contributed by atoms with Crippen LogP contribution < -0.4 is 0 Å². The third-order valence-electron chi connectivity index (χ3n) is 2.46. The summed E-state index contributed by atoms with van der Waals surface area (Å²) in [6.07, 6.45) is 0. The number of nitrogens with zero attached hydrogens (tertiary/aromatic N) is 1. The highest BCUT2D eigenvalue weighted by Crippen LogP contribution is 2.24. The summed E-state index contributed by atoms with van der Waals surface area (Å²) in [4.78, 5) is 13.4. The zero-order chi connectivity index (χ0) is 11.0. The number of fused-ring (bicyclic) bond motifs is 1. The summed E-state index contributed by atoms with van der Waals surface area (Å²) in [6, 6.07) is 6.83. The fourth-order valence-corrected chi connectivity index (χ4v) is 1.57. The molecular formula is C11H12N2O2. The van der Waals surface area contributed by atoms with Crippen molar-refractivity contribution in [2.45, 2.75) is 19.8 Å².